The highest BCUT2D eigenvalue weighted by Gasteiger charge is 2.07. The minimum Gasteiger partial charge on any atom is -0.292 e. The van der Waals surface area contributed by atoms with Crippen LogP contribution in [-0.4, -0.2) is 15.8 Å². The van der Waals surface area contributed by atoms with E-state index in [4.69, 9.17) is 0 Å². The zero-order valence-electron chi connectivity index (χ0n) is 8.09. The number of nitrogens with zero attached hydrogens (tertiary/aromatic N) is 2. The Bertz CT molecular complexity index is 425. The first-order chi connectivity index (χ1) is 7.36. The van der Waals surface area contributed by atoms with Gasteiger partial charge in [0.2, 0.25) is 0 Å². The smallest absolute Gasteiger partial charge is 0.183 e. The Kier molecular flexibility index (Phi) is 3.19. The van der Waals surface area contributed by atoms with Crippen LogP contribution >= 0.6 is 11.3 Å². The third kappa shape index (κ3) is 2.70. The molecule has 4 heteroatoms. The van der Waals surface area contributed by atoms with Crippen LogP contribution in [0.25, 0.3) is 0 Å². The van der Waals surface area contributed by atoms with Crippen molar-refractivity contribution < 1.29 is 4.79 Å². The molecule has 2 rings (SSSR count). The maximum absolute atomic E-state index is 11.6. The predicted molar refractivity (Wildman–Crippen MR) is 59.0 cm³/mol. The molecule has 0 unspecified atom stereocenters. The van der Waals surface area contributed by atoms with Gasteiger partial charge >= 0.3 is 0 Å². The van der Waals surface area contributed by atoms with Gasteiger partial charge in [-0.15, -0.1) is 0 Å². The lowest BCUT2D eigenvalue weighted by Gasteiger charge is -1.97. The van der Waals surface area contributed by atoms with E-state index in [0.717, 1.165) is 6.42 Å². The van der Waals surface area contributed by atoms with Crippen LogP contribution in [0.4, 0.5) is 0 Å². The molecular weight excluding hydrogens is 208 g/mol. The Hall–Kier alpha value is -1.55. The summed E-state index contributed by atoms with van der Waals surface area (Å²) in [7, 11) is 0. The summed E-state index contributed by atoms with van der Waals surface area (Å²) in [5, 5.41) is 4.08. The molecule has 0 saturated carbocycles. The summed E-state index contributed by atoms with van der Waals surface area (Å²) in [5.41, 5.74) is 1.66. The lowest BCUT2D eigenvalue weighted by Crippen LogP contribution is -2.03. The number of ketones is 1. The van der Waals surface area contributed by atoms with Crippen LogP contribution in [0.1, 0.15) is 22.5 Å². The largest absolute Gasteiger partial charge is 0.292 e. The average Bonchev–Trinajstić information content (AvgIpc) is 2.80. The molecule has 76 valence electrons. The van der Waals surface area contributed by atoms with Crippen molar-refractivity contribution in [2.75, 3.05) is 0 Å². The number of Topliss-reactive ketones (excluding diaryl/α,β-unsaturated/α-hetero) is 1. The highest BCUT2D eigenvalue weighted by atomic mass is 32.1. The molecule has 0 atom stereocenters. The molecule has 0 amide bonds. The van der Waals surface area contributed by atoms with Gasteiger partial charge in [-0.05, 0) is 28.8 Å². The van der Waals surface area contributed by atoms with Crippen molar-refractivity contribution in [3.8, 4) is 0 Å². The van der Waals surface area contributed by atoms with Gasteiger partial charge in [-0.3, -0.25) is 9.78 Å². The quantitative estimate of drug-likeness (QED) is 0.740. The Labute approximate surface area is 91.8 Å². The highest BCUT2D eigenvalue weighted by Crippen LogP contribution is 2.10. The molecule has 15 heavy (non-hydrogen) atoms. The first-order valence-electron chi connectivity index (χ1n) is 4.66. The zero-order chi connectivity index (χ0) is 10.5. The number of hydrogen-bond donors (Lipinski definition) is 0. The molecule has 2 heterocycles. The molecule has 0 aliphatic rings. The normalized spacial score (nSPS) is 10.1. The lowest BCUT2D eigenvalue weighted by atomic mass is 10.1. The van der Waals surface area contributed by atoms with Crippen LogP contribution in [0.15, 0.2) is 35.4 Å². The number of aromatic nitrogens is 2. The predicted octanol–water partition coefficient (Wildman–Crippen LogP) is 2.35. The number of carbonyl (C=O) groups excluding carboxylic acids is 1. The second-order valence-corrected chi connectivity index (χ2v) is 3.93. The van der Waals surface area contributed by atoms with Gasteiger partial charge in [0.15, 0.2) is 5.78 Å². The first kappa shape index (κ1) is 9.98. The van der Waals surface area contributed by atoms with Crippen LogP contribution < -0.4 is 0 Å². The molecule has 2 aromatic heterocycles. The summed E-state index contributed by atoms with van der Waals surface area (Å²) in [6.45, 7) is 0. The molecule has 0 aliphatic carbocycles. The number of rotatable bonds is 4. The van der Waals surface area contributed by atoms with Crippen molar-refractivity contribution in [2.45, 2.75) is 12.8 Å². The number of carbonyl (C=O) groups is 1. The monoisotopic (exact) mass is 218 g/mol. The van der Waals surface area contributed by atoms with E-state index in [1.54, 1.807) is 17.5 Å². The van der Waals surface area contributed by atoms with E-state index >= 15 is 0 Å². The molecular formula is C11H10N2OS. The zero-order valence-corrected chi connectivity index (χ0v) is 8.91. The molecule has 0 fully saturated rings. The van der Waals surface area contributed by atoms with Gasteiger partial charge in [0.25, 0.3) is 0 Å². The van der Waals surface area contributed by atoms with Gasteiger partial charge in [-0.1, -0.05) is 0 Å². The molecule has 0 aliphatic heterocycles. The SMILES string of the molecule is O=C(CCc1ccsc1)c1cnccn1. The molecule has 2 aromatic rings. The van der Waals surface area contributed by atoms with E-state index in [1.165, 1.54) is 18.0 Å². The summed E-state index contributed by atoms with van der Waals surface area (Å²) < 4.78 is 0. The van der Waals surface area contributed by atoms with Gasteiger partial charge in [0, 0.05) is 18.8 Å². The molecule has 0 spiro atoms. The third-order valence-corrected chi connectivity index (χ3v) is 2.80. The minimum atomic E-state index is 0.0503. The van der Waals surface area contributed by atoms with Crippen molar-refractivity contribution >= 4 is 17.1 Å². The number of aryl methyl sites for hydroxylation is 1. The summed E-state index contributed by atoms with van der Waals surface area (Å²) in [5.74, 6) is 0.0503. The van der Waals surface area contributed by atoms with Gasteiger partial charge in [-0.2, -0.15) is 11.3 Å². The second-order valence-electron chi connectivity index (χ2n) is 3.15. The van der Waals surface area contributed by atoms with E-state index < -0.39 is 0 Å². The van der Waals surface area contributed by atoms with Crippen LogP contribution in [0.3, 0.4) is 0 Å². The van der Waals surface area contributed by atoms with E-state index in [1.807, 2.05) is 11.4 Å². The van der Waals surface area contributed by atoms with Crippen LogP contribution in [0, 0.1) is 0 Å². The van der Waals surface area contributed by atoms with Crippen molar-refractivity contribution in [1.82, 2.24) is 9.97 Å². The molecule has 0 aromatic carbocycles. The molecule has 3 nitrogen and oxygen atoms in total. The Balaban J connectivity index is 1.94. The van der Waals surface area contributed by atoms with E-state index in [-0.39, 0.29) is 5.78 Å². The molecule has 0 radical (unpaired) electrons. The van der Waals surface area contributed by atoms with Crippen molar-refractivity contribution in [2.24, 2.45) is 0 Å². The fourth-order valence-corrected chi connectivity index (χ4v) is 1.97. The van der Waals surface area contributed by atoms with E-state index in [2.05, 4.69) is 15.3 Å². The van der Waals surface area contributed by atoms with Gasteiger partial charge in [0.1, 0.15) is 5.69 Å². The van der Waals surface area contributed by atoms with E-state index in [9.17, 15) is 4.79 Å². The second kappa shape index (κ2) is 4.79. The standard InChI is InChI=1S/C11H10N2OS/c14-11(10-7-12-4-5-13-10)2-1-9-3-6-15-8-9/h3-8H,1-2H2. The Morgan fingerprint density at radius 3 is 3.00 bits per heavy atom. The summed E-state index contributed by atoms with van der Waals surface area (Å²) in [4.78, 5) is 19.5. The molecule has 0 bridgehead atoms. The van der Waals surface area contributed by atoms with Crippen molar-refractivity contribution in [3.05, 3.63) is 46.7 Å². The molecule has 0 N–H and O–H groups in total. The lowest BCUT2D eigenvalue weighted by molar-refractivity contribution is 0.0977. The average molecular weight is 218 g/mol. The van der Waals surface area contributed by atoms with Gasteiger partial charge in [0.05, 0.1) is 6.20 Å². The fraction of sp³-hybridized carbons (Fsp3) is 0.182. The Morgan fingerprint density at radius 2 is 2.33 bits per heavy atom. The van der Waals surface area contributed by atoms with Gasteiger partial charge in [-0.25, -0.2) is 4.98 Å². The summed E-state index contributed by atoms with van der Waals surface area (Å²) in [6, 6.07) is 2.04. The minimum absolute atomic E-state index is 0.0503. The van der Waals surface area contributed by atoms with Crippen LogP contribution in [-0.2, 0) is 6.42 Å². The van der Waals surface area contributed by atoms with Gasteiger partial charge < -0.3 is 0 Å². The fourth-order valence-electron chi connectivity index (χ4n) is 1.26. The summed E-state index contributed by atoms with van der Waals surface area (Å²) in [6.07, 6.45) is 5.89. The maximum atomic E-state index is 11.6. The van der Waals surface area contributed by atoms with Crippen molar-refractivity contribution in [3.63, 3.8) is 0 Å². The number of hydrogen-bond acceptors (Lipinski definition) is 4. The molecule has 0 saturated heterocycles. The van der Waals surface area contributed by atoms with Crippen molar-refractivity contribution in [1.29, 1.82) is 0 Å². The van der Waals surface area contributed by atoms with E-state index in [0.29, 0.717) is 12.1 Å². The highest BCUT2D eigenvalue weighted by molar-refractivity contribution is 7.07. The Morgan fingerprint density at radius 1 is 1.40 bits per heavy atom. The van der Waals surface area contributed by atoms with Crippen LogP contribution in [0.5, 0.6) is 0 Å². The third-order valence-electron chi connectivity index (χ3n) is 2.07. The summed E-state index contributed by atoms with van der Waals surface area (Å²) >= 11 is 1.65. The topological polar surface area (TPSA) is 42.9 Å². The first-order valence-corrected chi connectivity index (χ1v) is 5.61. The maximum Gasteiger partial charge on any atom is 0.183 e. The number of thiophene rings is 1. The van der Waals surface area contributed by atoms with Crippen LogP contribution in [0.2, 0.25) is 0 Å².